The molecule has 0 aliphatic rings. The minimum Gasteiger partial charge on any atom is -0.268 e. The maximum absolute atomic E-state index is 11.0. The largest absolute Gasteiger partial charge is 0.268 e. The highest BCUT2D eigenvalue weighted by Crippen LogP contribution is 2.18. The third-order valence-electron chi connectivity index (χ3n) is 1.87. The molecule has 1 aromatic heterocycles. The molecule has 1 heterocycles. The van der Waals surface area contributed by atoms with Gasteiger partial charge in [0, 0.05) is 16.5 Å². The molecular weight excluding hydrogens is 196 g/mol. The van der Waals surface area contributed by atoms with Crippen molar-refractivity contribution in [3.63, 3.8) is 0 Å². The molecule has 0 bridgehead atoms. The van der Waals surface area contributed by atoms with Crippen LogP contribution < -0.4 is 5.56 Å². The van der Waals surface area contributed by atoms with Crippen molar-refractivity contribution in [2.45, 2.75) is 4.90 Å². The second kappa shape index (κ2) is 3.67. The molecule has 1 aromatic carbocycles. The first-order valence-electron chi connectivity index (χ1n) is 4.10. The molecule has 0 saturated carbocycles. The average molecular weight is 204 g/mol. The molecule has 2 aromatic rings. The Morgan fingerprint density at radius 2 is 1.86 bits per heavy atom. The lowest BCUT2D eigenvalue weighted by Crippen LogP contribution is -2.05. The Morgan fingerprint density at radius 1 is 1.14 bits per heavy atom. The van der Waals surface area contributed by atoms with Gasteiger partial charge in [-0.05, 0) is 17.7 Å². The number of rotatable bonds is 1. The second-order valence-electron chi connectivity index (χ2n) is 2.88. The molecule has 14 heavy (non-hydrogen) atoms. The van der Waals surface area contributed by atoms with Crippen molar-refractivity contribution in [2.75, 3.05) is 0 Å². The van der Waals surface area contributed by atoms with Gasteiger partial charge in [-0.3, -0.25) is 4.79 Å². The molecule has 0 unspecified atom stereocenters. The topological polar surface area (TPSA) is 45.8 Å². The fourth-order valence-electron chi connectivity index (χ4n) is 1.19. The smallest absolute Gasteiger partial charge is 0.264 e. The zero-order chi connectivity index (χ0) is 9.97. The quantitative estimate of drug-likeness (QED) is 0.695. The Balaban J connectivity index is 2.50. The normalized spacial score (nSPS) is 10.1. The van der Waals surface area contributed by atoms with E-state index in [0.717, 1.165) is 16.0 Å². The maximum Gasteiger partial charge on any atom is 0.264 e. The van der Waals surface area contributed by atoms with Gasteiger partial charge in [-0.15, -0.1) is 12.6 Å². The Bertz CT molecular complexity index is 490. The summed E-state index contributed by atoms with van der Waals surface area (Å²) in [6.07, 6.45) is 1.62. The van der Waals surface area contributed by atoms with Crippen molar-refractivity contribution in [2.24, 2.45) is 0 Å². The Morgan fingerprint density at radius 3 is 2.50 bits per heavy atom. The molecule has 1 N–H and O–H groups in total. The SMILES string of the molecule is O=c1cc(-c2ccc(S)cc2)cn[nH]1. The monoisotopic (exact) mass is 204 g/mol. The summed E-state index contributed by atoms with van der Waals surface area (Å²) in [5.41, 5.74) is 1.57. The summed E-state index contributed by atoms with van der Waals surface area (Å²) in [4.78, 5) is 11.9. The van der Waals surface area contributed by atoms with Crippen LogP contribution in [0.4, 0.5) is 0 Å². The summed E-state index contributed by atoms with van der Waals surface area (Å²) in [7, 11) is 0. The van der Waals surface area contributed by atoms with Gasteiger partial charge in [0.05, 0.1) is 6.20 Å². The molecule has 0 radical (unpaired) electrons. The molecule has 0 fully saturated rings. The summed E-state index contributed by atoms with van der Waals surface area (Å²) in [6.45, 7) is 0. The van der Waals surface area contributed by atoms with Crippen LogP contribution in [0.25, 0.3) is 11.1 Å². The van der Waals surface area contributed by atoms with Gasteiger partial charge in [-0.1, -0.05) is 12.1 Å². The number of hydrogen-bond donors (Lipinski definition) is 2. The fraction of sp³-hybridized carbons (Fsp3) is 0. The summed E-state index contributed by atoms with van der Waals surface area (Å²) in [5, 5.41) is 6.06. The van der Waals surface area contributed by atoms with Gasteiger partial charge in [-0.2, -0.15) is 5.10 Å². The highest BCUT2D eigenvalue weighted by atomic mass is 32.1. The maximum atomic E-state index is 11.0. The number of thiol groups is 1. The van der Waals surface area contributed by atoms with E-state index in [0.29, 0.717) is 0 Å². The van der Waals surface area contributed by atoms with E-state index in [-0.39, 0.29) is 5.56 Å². The highest BCUT2D eigenvalue weighted by Gasteiger charge is 1.97. The van der Waals surface area contributed by atoms with Crippen LogP contribution >= 0.6 is 12.6 Å². The van der Waals surface area contributed by atoms with Crippen LogP contribution in [-0.2, 0) is 0 Å². The summed E-state index contributed by atoms with van der Waals surface area (Å²) < 4.78 is 0. The third kappa shape index (κ3) is 1.85. The second-order valence-corrected chi connectivity index (χ2v) is 3.40. The van der Waals surface area contributed by atoms with Crippen molar-refractivity contribution in [1.82, 2.24) is 10.2 Å². The fourth-order valence-corrected chi connectivity index (χ4v) is 1.34. The number of nitrogens with zero attached hydrogens (tertiary/aromatic N) is 1. The van der Waals surface area contributed by atoms with E-state index in [1.54, 1.807) is 6.20 Å². The molecule has 0 atom stereocenters. The van der Waals surface area contributed by atoms with Crippen molar-refractivity contribution < 1.29 is 0 Å². The van der Waals surface area contributed by atoms with Gasteiger partial charge in [0.25, 0.3) is 5.56 Å². The van der Waals surface area contributed by atoms with Gasteiger partial charge >= 0.3 is 0 Å². The van der Waals surface area contributed by atoms with Crippen molar-refractivity contribution in [1.29, 1.82) is 0 Å². The van der Waals surface area contributed by atoms with Crippen molar-refractivity contribution >= 4 is 12.6 Å². The van der Waals surface area contributed by atoms with E-state index in [2.05, 4.69) is 22.8 Å². The molecular formula is C10H8N2OS. The summed E-state index contributed by atoms with van der Waals surface area (Å²) >= 11 is 4.18. The van der Waals surface area contributed by atoms with Crippen LogP contribution in [0.5, 0.6) is 0 Å². The lowest BCUT2D eigenvalue weighted by atomic mass is 10.1. The highest BCUT2D eigenvalue weighted by molar-refractivity contribution is 7.80. The number of benzene rings is 1. The summed E-state index contributed by atoms with van der Waals surface area (Å²) in [6, 6.07) is 9.07. The molecule has 2 rings (SSSR count). The Kier molecular flexibility index (Phi) is 2.37. The van der Waals surface area contributed by atoms with Gasteiger partial charge in [-0.25, -0.2) is 5.10 Å². The van der Waals surface area contributed by atoms with Crippen LogP contribution in [0.15, 0.2) is 46.2 Å². The average Bonchev–Trinajstić information content (AvgIpc) is 2.19. The zero-order valence-corrected chi connectivity index (χ0v) is 8.16. The van der Waals surface area contributed by atoms with Crippen LogP contribution in [0.1, 0.15) is 0 Å². The number of aromatic nitrogens is 2. The third-order valence-corrected chi connectivity index (χ3v) is 2.16. The van der Waals surface area contributed by atoms with Gasteiger partial charge in [0.1, 0.15) is 0 Å². The number of nitrogens with one attached hydrogen (secondary N) is 1. The van der Waals surface area contributed by atoms with Crippen molar-refractivity contribution in [3.05, 3.63) is 46.9 Å². The predicted molar refractivity (Wildman–Crippen MR) is 57.5 cm³/mol. The standard InChI is InChI=1S/C10H8N2OS/c13-10-5-8(6-11-12-10)7-1-3-9(14)4-2-7/h1-6,14H,(H,12,13). The first kappa shape index (κ1) is 9.02. The lowest BCUT2D eigenvalue weighted by Gasteiger charge is -1.99. The lowest BCUT2D eigenvalue weighted by molar-refractivity contribution is 0.991. The molecule has 0 saturated heterocycles. The van der Waals surface area contributed by atoms with E-state index >= 15 is 0 Å². The number of hydrogen-bond acceptors (Lipinski definition) is 3. The molecule has 0 aliphatic carbocycles. The van der Waals surface area contributed by atoms with Gasteiger partial charge in [0.15, 0.2) is 0 Å². The Labute approximate surface area is 86.2 Å². The molecule has 0 spiro atoms. The minimum atomic E-state index is -0.197. The van der Waals surface area contributed by atoms with E-state index in [1.165, 1.54) is 6.07 Å². The van der Waals surface area contributed by atoms with E-state index in [1.807, 2.05) is 24.3 Å². The number of H-pyrrole nitrogens is 1. The number of aromatic amines is 1. The van der Waals surface area contributed by atoms with Gasteiger partial charge < -0.3 is 0 Å². The van der Waals surface area contributed by atoms with Gasteiger partial charge in [0.2, 0.25) is 0 Å². The molecule has 70 valence electrons. The van der Waals surface area contributed by atoms with Crippen molar-refractivity contribution in [3.8, 4) is 11.1 Å². The minimum absolute atomic E-state index is 0.197. The Hall–Kier alpha value is -1.55. The zero-order valence-electron chi connectivity index (χ0n) is 7.27. The summed E-state index contributed by atoms with van der Waals surface area (Å²) in [5.74, 6) is 0. The van der Waals surface area contributed by atoms with Crippen LogP contribution in [0.3, 0.4) is 0 Å². The van der Waals surface area contributed by atoms with Crippen LogP contribution in [0.2, 0.25) is 0 Å². The van der Waals surface area contributed by atoms with Crippen LogP contribution in [-0.4, -0.2) is 10.2 Å². The first-order valence-corrected chi connectivity index (χ1v) is 4.54. The molecule has 0 amide bonds. The molecule has 0 aliphatic heterocycles. The molecule has 3 nitrogen and oxygen atoms in total. The van der Waals surface area contributed by atoms with E-state index in [4.69, 9.17) is 0 Å². The predicted octanol–water partition coefficient (Wildman–Crippen LogP) is 1.73. The molecule has 4 heteroatoms. The van der Waals surface area contributed by atoms with Crippen LogP contribution in [0, 0.1) is 0 Å². The van der Waals surface area contributed by atoms with E-state index < -0.39 is 0 Å². The van der Waals surface area contributed by atoms with E-state index in [9.17, 15) is 4.79 Å². The first-order chi connectivity index (χ1) is 6.75.